The van der Waals surface area contributed by atoms with E-state index in [4.69, 9.17) is 4.74 Å². The first-order valence-electron chi connectivity index (χ1n) is 8.83. The van der Waals surface area contributed by atoms with Crippen LogP contribution in [0.3, 0.4) is 0 Å². The fourth-order valence-corrected chi connectivity index (χ4v) is 4.21. The molecule has 1 saturated carbocycles. The lowest BCUT2D eigenvalue weighted by atomic mass is 10.0. The van der Waals surface area contributed by atoms with E-state index in [0.29, 0.717) is 19.6 Å². The van der Waals surface area contributed by atoms with Gasteiger partial charge < -0.3 is 14.5 Å². The van der Waals surface area contributed by atoms with Gasteiger partial charge in [-0.2, -0.15) is 0 Å². The minimum Gasteiger partial charge on any atom is -0.444 e. The highest BCUT2D eigenvalue weighted by Gasteiger charge is 2.69. The number of nitrogens with zero attached hydrogens (tertiary/aromatic N) is 2. The van der Waals surface area contributed by atoms with Crippen molar-refractivity contribution in [2.75, 3.05) is 19.6 Å². The van der Waals surface area contributed by atoms with E-state index in [-0.39, 0.29) is 34.7 Å². The summed E-state index contributed by atoms with van der Waals surface area (Å²) in [5.41, 5.74) is 0.811. The molecule has 3 aliphatic rings. The van der Waals surface area contributed by atoms with Gasteiger partial charge in [0.1, 0.15) is 5.60 Å². The van der Waals surface area contributed by atoms with E-state index in [9.17, 15) is 9.59 Å². The van der Waals surface area contributed by atoms with Gasteiger partial charge in [-0.1, -0.05) is 27.7 Å². The van der Waals surface area contributed by atoms with Crippen LogP contribution in [0.15, 0.2) is 11.8 Å². The summed E-state index contributed by atoms with van der Waals surface area (Å²) in [5.74, 6) is 0.574. The molecule has 1 aliphatic carbocycles. The zero-order chi connectivity index (χ0) is 18.1. The summed E-state index contributed by atoms with van der Waals surface area (Å²) in [5, 5.41) is 0. The zero-order valence-corrected chi connectivity index (χ0v) is 16.0. The minimum absolute atomic E-state index is 0.0584. The number of carbonyl (C=O) groups is 2. The normalized spacial score (nSPS) is 27.8. The third-order valence-corrected chi connectivity index (χ3v) is 6.28. The van der Waals surface area contributed by atoms with E-state index >= 15 is 0 Å². The molecule has 0 aromatic heterocycles. The summed E-state index contributed by atoms with van der Waals surface area (Å²) in [4.78, 5) is 28.7. The molecule has 2 amide bonds. The molecule has 0 aromatic carbocycles. The fourth-order valence-electron chi connectivity index (χ4n) is 4.21. The summed E-state index contributed by atoms with van der Waals surface area (Å²) in [6.07, 6.45) is 1.71. The molecule has 0 N–H and O–H groups in total. The van der Waals surface area contributed by atoms with Gasteiger partial charge in [0.25, 0.3) is 0 Å². The molecular formula is C19H30N2O3. The van der Waals surface area contributed by atoms with Gasteiger partial charge in [0.05, 0.1) is 0 Å². The molecule has 0 radical (unpaired) electrons. The monoisotopic (exact) mass is 334 g/mol. The maximum atomic E-state index is 12.8. The van der Waals surface area contributed by atoms with Crippen LogP contribution in [0.2, 0.25) is 0 Å². The second-order valence-electron chi connectivity index (χ2n) is 9.63. The number of rotatable bonds is 1. The first-order valence-corrected chi connectivity index (χ1v) is 8.83. The van der Waals surface area contributed by atoms with Crippen LogP contribution in [-0.4, -0.2) is 47.0 Å². The highest BCUT2D eigenvalue weighted by molar-refractivity contribution is 5.85. The van der Waals surface area contributed by atoms with Gasteiger partial charge in [0, 0.05) is 37.7 Å². The van der Waals surface area contributed by atoms with E-state index in [0.717, 1.165) is 0 Å². The van der Waals surface area contributed by atoms with Crippen molar-refractivity contribution in [3.05, 3.63) is 11.8 Å². The Labute approximate surface area is 145 Å². The van der Waals surface area contributed by atoms with Crippen molar-refractivity contribution in [1.82, 2.24) is 9.80 Å². The molecule has 2 heterocycles. The van der Waals surface area contributed by atoms with Crippen molar-refractivity contribution in [2.45, 2.75) is 54.1 Å². The van der Waals surface area contributed by atoms with E-state index in [1.165, 1.54) is 5.57 Å². The van der Waals surface area contributed by atoms with Crippen molar-refractivity contribution in [3.63, 3.8) is 0 Å². The van der Waals surface area contributed by atoms with E-state index in [1.54, 1.807) is 4.90 Å². The number of likely N-dealkylation sites (tertiary alicyclic amines) is 1. The van der Waals surface area contributed by atoms with Gasteiger partial charge in [-0.3, -0.25) is 4.79 Å². The summed E-state index contributed by atoms with van der Waals surface area (Å²) in [6, 6.07) is 0. The molecule has 5 nitrogen and oxygen atoms in total. The van der Waals surface area contributed by atoms with Crippen LogP contribution in [0.4, 0.5) is 4.79 Å². The number of hydrogen-bond donors (Lipinski definition) is 0. The first-order chi connectivity index (χ1) is 10.8. The molecule has 2 fully saturated rings. The number of carbonyl (C=O) groups excluding carboxylic acids is 2. The molecule has 0 spiro atoms. The second kappa shape index (κ2) is 4.99. The van der Waals surface area contributed by atoms with E-state index < -0.39 is 5.60 Å². The summed E-state index contributed by atoms with van der Waals surface area (Å²) in [6.45, 7) is 16.2. The number of amides is 2. The summed E-state index contributed by atoms with van der Waals surface area (Å²) >= 11 is 0. The summed E-state index contributed by atoms with van der Waals surface area (Å²) in [7, 11) is 0. The smallest absolute Gasteiger partial charge is 0.410 e. The fraction of sp³-hybridized carbons (Fsp3) is 0.789. The molecule has 0 aromatic rings. The van der Waals surface area contributed by atoms with Crippen molar-refractivity contribution < 1.29 is 14.3 Å². The maximum Gasteiger partial charge on any atom is 0.410 e. The van der Waals surface area contributed by atoms with Crippen molar-refractivity contribution in [1.29, 1.82) is 0 Å². The summed E-state index contributed by atoms with van der Waals surface area (Å²) < 4.78 is 5.44. The molecular weight excluding hydrogens is 304 g/mol. The topological polar surface area (TPSA) is 49.9 Å². The minimum atomic E-state index is -0.478. The van der Waals surface area contributed by atoms with Crippen LogP contribution in [-0.2, 0) is 9.53 Å². The first kappa shape index (κ1) is 17.3. The van der Waals surface area contributed by atoms with Crippen LogP contribution in [0.1, 0.15) is 48.5 Å². The second-order valence-corrected chi connectivity index (χ2v) is 9.63. The van der Waals surface area contributed by atoms with Gasteiger partial charge >= 0.3 is 6.09 Å². The van der Waals surface area contributed by atoms with E-state index in [1.807, 2.05) is 31.9 Å². The predicted molar refractivity (Wildman–Crippen MR) is 92.1 cm³/mol. The number of hydrogen-bond acceptors (Lipinski definition) is 3. The molecule has 134 valence electrons. The lowest BCUT2D eigenvalue weighted by Crippen LogP contribution is -2.37. The molecule has 3 rings (SSSR count). The highest BCUT2D eigenvalue weighted by atomic mass is 16.6. The van der Waals surface area contributed by atoms with Gasteiger partial charge in [-0.05, 0) is 37.2 Å². The highest BCUT2D eigenvalue weighted by Crippen LogP contribution is 2.69. The molecule has 1 saturated heterocycles. The Morgan fingerprint density at radius 3 is 2.17 bits per heavy atom. The lowest BCUT2D eigenvalue weighted by Gasteiger charge is -2.25. The molecule has 2 aliphatic heterocycles. The molecule has 5 heteroatoms. The zero-order valence-electron chi connectivity index (χ0n) is 16.0. The van der Waals surface area contributed by atoms with Crippen molar-refractivity contribution in [3.8, 4) is 0 Å². The van der Waals surface area contributed by atoms with Crippen LogP contribution < -0.4 is 0 Å². The number of fused-ring (bicyclic) bond motifs is 1. The Bertz CT molecular complexity index is 599. The van der Waals surface area contributed by atoms with Gasteiger partial charge in [0.15, 0.2) is 0 Å². The Morgan fingerprint density at radius 1 is 1.12 bits per heavy atom. The molecule has 0 bridgehead atoms. The van der Waals surface area contributed by atoms with Crippen LogP contribution in [0.25, 0.3) is 0 Å². The van der Waals surface area contributed by atoms with Crippen LogP contribution in [0, 0.1) is 22.7 Å². The average molecular weight is 334 g/mol. The predicted octanol–water partition coefficient (Wildman–Crippen LogP) is 3.26. The quantitative estimate of drug-likeness (QED) is 0.739. The van der Waals surface area contributed by atoms with Crippen LogP contribution in [0.5, 0.6) is 0 Å². The molecule has 1 atom stereocenters. The average Bonchev–Trinajstić information content (AvgIpc) is 2.77. The lowest BCUT2D eigenvalue weighted by molar-refractivity contribution is -0.131. The van der Waals surface area contributed by atoms with Gasteiger partial charge in [-0.15, -0.1) is 0 Å². The van der Waals surface area contributed by atoms with Gasteiger partial charge in [-0.25, -0.2) is 4.79 Å². The molecule has 24 heavy (non-hydrogen) atoms. The Balaban J connectivity index is 1.63. The standard InChI is InChI=1S/C19H30N2O3/c1-17(2,3)24-16(23)21-10-12-8-20(9-13(12)11-21)15(22)14-18(4,5)19(14,6)7/h8,13-14H,9-11H2,1-7H3. The van der Waals surface area contributed by atoms with Crippen molar-refractivity contribution in [2.24, 2.45) is 22.7 Å². The number of ether oxygens (including phenoxy) is 1. The van der Waals surface area contributed by atoms with Crippen molar-refractivity contribution >= 4 is 12.0 Å². The Kier molecular flexibility index (Phi) is 3.60. The third kappa shape index (κ3) is 2.62. The van der Waals surface area contributed by atoms with Crippen LogP contribution >= 0.6 is 0 Å². The maximum absolute atomic E-state index is 12.8. The largest absolute Gasteiger partial charge is 0.444 e. The van der Waals surface area contributed by atoms with Gasteiger partial charge in [0.2, 0.25) is 5.91 Å². The van der Waals surface area contributed by atoms with E-state index in [2.05, 4.69) is 27.7 Å². The third-order valence-electron chi connectivity index (χ3n) is 6.28. The SMILES string of the molecule is CC(C)(C)OC(=O)N1CC2=CN(C(=O)C3C(C)(C)C3(C)C)CC2C1. The molecule has 1 unspecified atom stereocenters. The Hall–Kier alpha value is -1.52. The Morgan fingerprint density at radius 2 is 1.71 bits per heavy atom.